The van der Waals surface area contributed by atoms with Crippen molar-refractivity contribution < 1.29 is 9.32 Å². The fourth-order valence-corrected chi connectivity index (χ4v) is 3.10. The maximum absolute atomic E-state index is 12.5. The smallest absolute Gasteiger partial charge is 0.332 e. The number of nitrogens with zero attached hydrogens (tertiary/aromatic N) is 5. The molecule has 29 heavy (non-hydrogen) atoms. The number of benzene rings is 1. The van der Waals surface area contributed by atoms with Crippen LogP contribution in [0, 0.1) is 6.92 Å². The third kappa shape index (κ3) is 2.90. The lowest BCUT2D eigenvalue weighted by molar-refractivity contribution is 0.100. The summed E-state index contributed by atoms with van der Waals surface area (Å²) in [6.45, 7) is 1.74. The van der Waals surface area contributed by atoms with E-state index in [0.717, 1.165) is 4.57 Å². The molecule has 4 rings (SSSR count). The summed E-state index contributed by atoms with van der Waals surface area (Å²) in [6, 6.07) is 8.17. The van der Waals surface area contributed by atoms with Crippen LogP contribution < -0.4 is 17.0 Å². The van der Waals surface area contributed by atoms with Crippen LogP contribution in [-0.2, 0) is 14.1 Å². The normalized spacial score (nSPS) is 11.1. The lowest BCUT2D eigenvalue weighted by Gasteiger charge is -2.09. The zero-order valence-electron chi connectivity index (χ0n) is 15.8. The molecule has 0 unspecified atom stereocenters. The van der Waals surface area contributed by atoms with Gasteiger partial charge in [-0.1, -0.05) is 17.3 Å². The van der Waals surface area contributed by atoms with Crippen LogP contribution >= 0.6 is 0 Å². The molecule has 4 aromatic rings. The third-order valence-electron chi connectivity index (χ3n) is 4.66. The largest absolute Gasteiger partial charge is 0.366 e. The first-order chi connectivity index (χ1) is 13.8. The van der Waals surface area contributed by atoms with Gasteiger partial charge >= 0.3 is 5.69 Å². The number of nitrogens with two attached hydrogens (primary N) is 1. The molecule has 0 atom stereocenters. The molecule has 0 saturated carbocycles. The molecule has 3 aromatic heterocycles. The first kappa shape index (κ1) is 18.3. The summed E-state index contributed by atoms with van der Waals surface area (Å²) < 4.78 is 7.65. The van der Waals surface area contributed by atoms with Gasteiger partial charge in [-0.3, -0.25) is 18.7 Å². The SMILES string of the molecule is Cc1cc(-c2nc(-c3cccc(C(N)=O)c3)no2)nc2c1c(=O)n(C)c(=O)n2C. The molecule has 0 aliphatic carbocycles. The number of primary amides is 1. The molecule has 0 aliphatic heterocycles. The molecule has 0 aliphatic rings. The predicted octanol–water partition coefficient (Wildman–Crippen LogP) is 0.757. The van der Waals surface area contributed by atoms with Crippen molar-refractivity contribution in [1.29, 1.82) is 0 Å². The van der Waals surface area contributed by atoms with E-state index in [-0.39, 0.29) is 17.4 Å². The Hall–Kier alpha value is -4.08. The number of fused-ring (bicyclic) bond motifs is 1. The highest BCUT2D eigenvalue weighted by atomic mass is 16.5. The highest BCUT2D eigenvalue weighted by Gasteiger charge is 2.18. The summed E-state index contributed by atoms with van der Waals surface area (Å²) in [4.78, 5) is 44.8. The Morgan fingerprint density at radius 2 is 1.86 bits per heavy atom. The van der Waals surface area contributed by atoms with E-state index < -0.39 is 17.2 Å². The van der Waals surface area contributed by atoms with Crippen molar-refractivity contribution in [2.45, 2.75) is 6.92 Å². The summed E-state index contributed by atoms with van der Waals surface area (Å²) in [6.07, 6.45) is 0. The minimum atomic E-state index is -0.565. The van der Waals surface area contributed by atoms with Crippen molar-refractivity contribution in [3.8, 4) is 23.0 Å². The molecule has 10 heteroatoms. The van der Waals surface area contributed by atoms with Crippen molar-refractivity contribution >= 4 is 16.9 Å². The fraction of sp³-hybridized carbons (Fsp3) is 0.158. The van der Waals surface area contributed by atoms with E-state index in [4.69, 9.17) is 10.3 Å². The van der Waals surface area contributed by atoms with Crippen LogP contribution in [0.25, 0.3) is 34.0 Å². The number of hydrogen-bond donors (Lipinski definition) is 1. The minimum absolute atomic E-state index is 0.114. The first-order valence-electron chi connectivity index (χ1n) is 8.59. The fourth-order valence-electron chi connectivity index (χ4n) is 3.10. The second-order valence-corrected chi connectivity index (χ2v) is 6.60. The number of aromatic nitrogens is 5. The Kier molecular flexibility index (Phi) is 4.11. The molecular weight excluding hydrogens is 376 g/mol. The maximum atomic E-state index is 12.5. The topological polar surface area (TPSA) is 139 Å². The third-order valence-corrected chi connectivity index (χ3v) is 4.66. The van der Waals surface area contributed by atoms with Gasteiger partial charge in [-0.15, -0.1) is 0 Å². The van der Waals surface area contributed by atoms with Crippen LogP contribution in [0.2, 0.25) is 0 Å². The number of rotatable bonds is 3. The predicted molar refractivity (Wildman–Crippen MR) is 104 cm³/mol. The maximum Gasteiger partial charge on any atom is 0.332 e. The Balaban J connectivity index is 1.87. The van der Waals surface area contributed by atoms with Gasteiger partial charge in [-0.25, -0.2) is 9.78 Å². The molecule has 1 aromatic carbocycles. The Labute approximate surface area is 163 Å². The summed E-state index contributed by atoms with van der Waals surface area (Å²) in [7, 11) is 2.96. The Morgan fingerprint density at radius 3 is 2.59 bits per heavy atom. The highest BCUT2D eigenvalue weighted by molar-refractivity contribution is 5.93. The van der Waals surface area contributed by atoms with Crippen LogP contribution in [0.15, 0.2) is 44.4 Å². The molecule has 1 amide bonds. The van der Waals surface area contributed by atoms with E-state index >= 15 is 0 Å². The van der Waals surface area contributed by atoms with Crippen molar-refractivity contribution in [2.75, 3.05) is 0 Å². The Bertz CT molecular complexity index is 1410. The lowest BCUT2D eigenvalue weighted by atomic mass is 10.1. The highest BCUT2D eigenvalue weighted by Crippen LogP contribution is 2.24. The molecule has 146 valence electrons. The number of carbonyl (C=O) groups is 1. The monoisotopic (exact) mass is 392 g/mol. The lowest BCUT2D eigenvalue weighted by Crippen LogP contribution is -2.37. The molecule has 10 nitrogen and oxygen atoms in total. The number of aryl methyl sites for hydroxylation is 2. The van der Waals surface area contributed by atoms with Crippen LogP contribution in [-0.4, -0.2) is 30.2 Å². The van der Waals surface area contributed by atoms with E-state index in [0.29, 0.717) is 27.8 Å². The van der Waals surface area contributed by atoms with Crippen LogP contribution in [0.5, 0.6) is 0 Å². The number of pyridine rings is 1. The van der Waals surface area contributed by atoms with Crippen LogP contribution in [0.1, 0.15) is 15.9 Å². The zero-order valence-corrected chi connectivity index (χ0v) is 15.8. The van der Waals surface area contributed by atoms with Crippen molar-refractivity contribution in [3.63, 3.8) is 0 Å². The molecule has 3 heterocycles. The standard InChI is InChI=1S/C19H16N6O4/c1-9-7-12(21-16-13(9)18(27)25(3)19(28)24(16)2)17-22-15(23-29-17)11-6-4-5-10(8-11)14(20)26/h4-8H,1-3H3,(H2,20,26). The second kappa shape index (κ2) is 6.51. The van der Waals surface area contributed by atoms with E-state index in [1.54, 1.807) is 37.3 Å². The summed E-state index contributed by atoms with van der Waals surface area (Å²) in [5.41, 5.74) is 6.44. The average molecular weight is 392 g/mol. The Morgan fingerprint density at radius 1 is 1.10 bits per heavy atom. The molecule has 0 spiro atoms. The van der Waals surface area contributed by atoms with Gasteiger partial charge in [0.05, 0.1) is 5.39 Å². The molecule has 2 N–H and O–H groups in total. The van der Waals surface area contributed by atoms with Crippen LogP contribution in [0.4, 0.5) is 0 Å². The number of hydrogen-bond acceptors (Lipinski definition) is 7. The summed E-state index contributed by atoms with van der Waals surface area (Å²) in [5, 5.41) is 4.27. The van der Waals surface area contributed by atoms with Gasteiger partial charge in [0.1, 0.15) is 11.3 Å². The van der Waals surface area contributed by atoms with Gasteiger partial charge in [-0.05, 0) is 30.7 Å². The van der Waals surface area contributed by atoms with Crippen LogP contribution in [0.3, 0.4) is 0 Å². The number of amides is 1. The zero-order chi connectivity index (χ0) is 20.9. The minimum Gasteiger partial charge on any atom is -0.366 e. The van der Waals surface area contributed by atoms with Crippen molar-refractivity contribution in [3.05, 3.63) is 62.3 Å². The van der Waals surface area contributed by atoms with Gasteiger partial charge in [0.25, 0.3) is 11.4 Å². The average Bonchev–Trinajstić information content (AvgIpc) is 3.20. The molecule has 0 radical (unpaired) electrons. The second-order valence-electron chi connectivity index (χ2n) is 6.60. The molecule has 0 bridgehead atoms. The quantitative estimate of drug-likeness (QED) is 0.543. The van der Waals surface area contributed by atoms with Gasteiger partial charge < -0.3 is 10.3 Å². The number of carbonyl (C=O) groups excluding carboxylic acids is 1. The van der Waals surface area contributed by atoms with Crippen molar-refractivity contribution in [1.82, 2.24) is 24.3 Å². The van der Waals surface area contributed by atoms with E-state index in [1.807, 2.05) is 0 Å². The van der Waals surface area contributed by atoms with Gasteiger partial charge in [0, 0.05) is 25.2 Å². The molecule has 0 fully saturated rings. The van der Waals surface area contributed by atoms with Gasteiger partial charge in [-0.2, -0.15) is 4.98 Å². The van der Waals surface area contributed by atoms with E-state index in [1.165, 1.54) is 18.7 Å². The molecular formula is C19H16N6O4. The van der Waals surface area contributed by atoms with E-state index in [9.17, 15) is 14.4 Å². The summed E-state index contributed by atoms with van der Waals surface area (Å²) >= 11 is 0. The van der Waals surface area contributed by atoms with E-state index in [2.05, 4.69) is 15.1 Å². The van der Waals surface area contributed by atoms with Crippen molar-refractivity contribution in [2.24, 2.45) is 19.8 Å². The van der Waals surface area contributed by atoms with Gasteiger partial charge in [0.2, 0.25) is 11.7 Å². The van der Waals surface area contributed by atoms with Gasteiger partial charge in [0.15, 0.2) is 0 Å². The summed E-state index contributed by atoms with van der Waals surface area (Å²) in [5.74, 6) is -0.201. The molecule has 0 saturated heterocycles. The first-order valence-corrected chi connectivity index (χ1v) is 8.59.